The van der Waals surface area contributed by atoms with Gasteiger partial charge in [0.05, 0.1) is 12.2 Å². The smallest absolute Gasteiger partial charge is 0.478 e. The number of hydrogen-bond acceptors (Lipinski definition) is 7. The molecule has 216 valence electrons. The Balaban J connectivity index is 1.51. The number of carbonyl (C=O) groups excluding carboxylic acids is 2. The fourth-order valence-corrected chi connectivity index (χ4v) is 8.99. The Hall–Kier alpha value is -2.33. The summed E-state index contributed by atoms with van der Waals surface area (Å²) in [6.45, 7) is 4.70. The van der Waals surface area contributed by atoms with Gasteiger partial charge in [-0.25, -0.2) is 18.4 Å². The number of rotatable bonds is 4. The average Bonchev–Trinajstić information content (AvgIpc) is 3.09. The van der Waals surface area contributed by atoms with Gasteiger partial charge >= 0.3 is 12.1 Å². The molecule has 0 aromatic carbocycles. The summed E-state index contributed by atoms with van der Waals surface area (Å²) >= 11 is 0. The van der Waals surface area contributed by atoms with E-state index in [0.29, 0.717) is 12.8 Å². The van der Waals surface area contributed by atoms with Crippen LogP contribution in [0.1, 0.15) is 65.7 Å². The number of aliphatic hydroxyl groups excluding tert-OH is 1. The summed E-state index contributed by atoms with van der Waals surface area (Å²) in [5.41, 5.74) is -7.50. The van der Waals surface area contributed by atoms with Gasteiger partial charge in [0.1, 0.15) is 12.3 Å². The van der Waals surface area contributed by atoms with Crippen molar-refractivity contribution in [3.05, 3.63) is 23.8 Å². The monoisotopic (exact) mass is 552 g/mol. The maximum atomic E-state index is 17.4. The van der Waals surface area contributed by atoms with Crippen molar-refractivity contribution >= 4 is 17.9 Å². The lowest BCUT2D eigenvalue weighted by atomic mass is 9.44. The zero-order chi connectivity index (χ0) is 28.5. The van der Waals surface area contributed by atoms with Crippen molar-refractivity contribution in [2.75, 3.05) is 7.11 Å². The van der Waals surface area contributed by atoms with Crippen LogP contribution < -0.4 is 0 Å². The lowest BCUT2D eigenvalue weighted by molar-refractivity contribution is -0.233. The van der Waals surface area contributed by atoms with E-state index < -0.39 is 76.1 Å². The molecule has 8 nitrogen and oxygen atoms in total. The summed E-state index contributed by atoms with van der Waals surface area (Å²) in [7, 11) is 1.52. The summed E-state index contributed by atoms with van der Waals surface area (Å²) < 4.78 is 49.8. The molecule has 0 unspecified atom stereocenters. The molecular formula is C29H38F2O8. The molecule has 11 atom stereocenters. The SMILES string of the molecule is CO[C@@H]1CCCC[C@H]1OC(=O)O[C@]1(C(=O)O)[C@H](C)C[C@H]2[C@@H]3C[C@H](F)C4=CC(=O)C=C[C@]4(C)[C@@]3(F)[C@@H](O)C[C@@]21C. The zero-order valence-electron chi connectivity index (χ0n) is 22.8. The number of fused-ring (bicyclic) bond motifs is 5. The highest BCUT2D eigenvalue weighted by molar-refractivity contribution is 6.01. The lowest BCUT2D eigenvalue weighted by Gasteiger charge is -2.62. The van der Waals surface area contributed by atoms with Crippen LogP contribution in [0.2, 0.25) is 0 Å². The second-order valence-corrected chi connectivity index (χ2v) is 12.6. The maximum Gasteiger partial charge on any atom is 0.509 e. The van der Waals surface area contributed by atoms with Gasteiger partial charge in [-0.05, 0) is 69.1 Å². The van der Waals surface area contributed by atoms with Crippen LogP contribution >= 0.6 is 0 Å². The van der Waals surface area contributed by atoms with Gasteiger partial charge in [0.25, 0.3) is 0 Å². The van der Waals surface area contributed by atoms with Crippen molar-refractivity contribution < 1.29 is 47.6 Å². The minimum absolute atomic E-state index is 0.00745. The van der Waals surface area contributed by atoms with Crippen molar-refractivity contribution in [2.24, 2.45) is 28.6 Å². The molecule has 0 aliphatic heterocycles. The first-order valence-electron chi connectivity index (χ1n) is 13.9. The molecule has 0 radical (unpaired) electrons. The van der Waals surface area contributed by atoms with Gasteiger partial charge in [-0.1, -0.05) is 26.3 Å². The van der Waals surface area contributed by atoms with Gasteiger partial charge < -0.3 is 24.4 Å². The molecule has 4 fully saturated rings. The Kier molecular flexibility index (Phi) is 6.77. The predicted molar refractivity (Wildman–Crippen MR) is 134 cm³/mol. The van der Waals surface area contributed by atoms with E-state index in [1.165, 1.54) is 26.2 Å². The summed E-state index contributed by atoms with van der Waals surface area (Å²) in [6.07, 6.45) is 0.700. The van der Waals surface area contributed by atoms with E-state index in [4.69, 9.17) is 14.2 Å². The topological polar surface area (TPSA) is 119 Å². The van der Waals surface area contributed by atoms with Crippen molar-refractivity contribution in [1.82, 2.24) is 0 Å². The first-order chi connectivity index (χ1) is 18.3. The number of alkyl halides is 2. The number of carboxylic acids is 1. The minimum Gasteiger partial charge on any atom is -0.478 e. The summed E-state index contributed by atoms with van der Waals surface area (Å²) in [5.74, 6) is -4.44. The molecule has 39 heavy (non-hydrogen) atoms. The molecule has 5 rings (SSSR count). The van der Waals surface area contributed by atoms with Gasteiger partial charge in [-0.2, -0.15) is 0 Å². The van der Waals surface area contributed by atoms with Gasteiger partial charge in [0.2, 0.25) is 5.60 Å². The molecular weight excluding hydrogens is 514 g/mol. The molecule has 0 bridgehead atoms. The van der Waals surface area contributed by atoms with Gasteiger partial charge in [0.15, 0.2) is 11.5 Å². The molecule has 5 aliphatic rings. The average molecular weight is 553 g/mol. The summed E-state index contributed by atoms with van der Waals surface area (Å²) in [6, 6.07) is 0. The van der Waals surface area contributed by atoms with E-state index in [2.05, 4.69) is 0 Å². The first kappa shape index (κ1) is 28.2. The van der Waals surface area contributed by atoms with Crippen LogP contribution in [0.4, 0.5) is 13.6 Å². The predicted octanol–water partition coefficient (Wildman–Crippen LogP) is 4.49. The number of halogens is 2. The van der Waals surface area contributed by atoms with Gasteiger partial charge in [-0.15, -0.1) is 0 Å². The van der Waals surface area contributed by atoms with Gasteiger partial charge in [-0.3, -0.25) is 4.79 Å². The second kappa shape index (κ2) is 9.36. The highest BCUT2D eigenvalue weighted by atomic mass is 19.1. The van der Waals surface area contributed by atoms with Crippen molar-refractivity contribution in [2.45, 2.75) is 101 Å². The Morgan fingerprint density at radius 2 is 1.77 bits per heavy atom. The van der Waals surface area contributed by atoms with Crippen LogP contribution in [0.3, 0.4) is 0 Å². The number of ether oxygens (including phenoxy) is 3. The number of allylic oxidation sites excluding steroid dienone is 4. The van der Waals surface area contributed by atoms with E-state index in [1.807, 2.05) is 0 Å². The summed E-state index contributed by atoms with van der Waals surface area (Å²) in [4.78, 5) is 38.2. The highest BCUT2D eigenvalue weighted by Crippen LogP contribution is 2.71. The number of methoxy groups -OCH3 is 1. The largest absolute Gasteiger partial charge is 0.509 e. The molecule has 5 aliphatic carbocycles. The van der Waals surface area contributed by atoms with Crippen LogP contribution in [-0.4, -0.2) is 71.0 Å². The Morgan fingerprint density at radius 1 is 1.10 bits per heavy atom. The highest BCUT2D eigenvalue weighted by Gasteiger charge is 2.78. The number of aliphatic carboxylic acids is 1. The molecule has 2 N–H and O–H groups in total. The van der Waals surface area contributed by atoms with Crippen LogP contribution in [0.15, 0.2) is 23.8 Å². The van der Waals surface area contributed by atoms with Crippen LogP contribution in [0, 0.1) is 28.6 Å². The Morgan fingerprint density at radius 3 is 2.41 bits per heavy atom. The minimum atomic E-state index is -2.36. The number of aliphatic hydroxyl groups is 1. The zero-order valence-corrected chi connectivity index (χ0v) is 22.8. The van der Waals surface area contributed by atoms with Gasteiger partial charge in [0, 0.05) is 29.8 Å². The van der Waals surface area contributed by atoms with E-state index >= 15 is 8.78 Å². The second-order valence-electron chi connectivity index (χ2n) is 12.6. The first-order valence-corrected chi connectivity index (χ1v) is 13.9. The molecule has 0 heterocycles. The fourth-order valence-electron chi connectivity index (χ4n) is 8.99. The van der Waals surface area contributed by atoms with Crippen molar-refractivity contribution in [1.29, 1.82) is 0 Å². The third-order valence-corrected chi connectivity index (χ3v) is 10.9. The molecule has 10 heteroatoms. The Labute approximate surface area is 226 Å². The van der Waals surface area contributed by atoms with Crippen molar-refractivity contribution in [3.63, 3.8) is 0 Å². The molecule has 0 aromatic heterocycles. The third-order valence-electron chi connectivity index (χ3n) is 10.9. The quantitative estimate of drug-likeness (QED) is 0.490. The van der Waals surface area contributed by atoms with Crippen LogP contribution in [0.5, 0.6) is 0 Å². The third kappa shape index (κ3) is 3.69. The van der Waals surface area contributed by atoms with Crippen LogP contribution in [0.25, 0.3) is 0 Å². The van der Waals surface area contributed by atoms with E-state index in [9.17, 15) is 24.6 Å². The maximum absolute atomic E-state index is 17.4. The fraction of sp³-hybridized carbons (Fsp3) is 0.759. The molecule has 4 saturated carbocycles. The number of carboxylic acid groups (broad SMARTS) is 1. The number of ketones is 1. The van der Waals surface area contributed by atoms with E-state index in [1.54, 1.807) is 13.8 Å². The van der Waals surface area contributed by atoms with Crippen molar-refractivity contribution in [3.8, 4) is 0 Å². The Bertz CT molecular complexity index is 1120. The standard InChI is InChI=1S/C29H38F2O8/c1-15-11-17-18-13-20(30)19-12-16(32)9-10-26(19,2)28(18,31)23(33)14-27(17,3)29(15,24(34)35)39-25(36)38-22-8-6-5-7-21(22)37-4/h9-10,12,15,17-18,20-23,33H,5-8,11,13-14H2,1-4H3,(H,34,35)/t15-,17+,18+,20+,21-,22-,23+,26+,27+,28+,29+/m1/s1. The lowest BCUT2D eigenvalue weighted by Crippen LogP contribution is -2.71. The number of hydrogen-bond donors (Lipinski definition) is 2. The molecule has 0 saturated heterocycles. The molecule has 0 amide bonds. The summed E-state index contributed by atoms with van der Waals surface area (Å²) in [5, 5.41) is 22.1. The number of carbonyl (C=O) groups is 3. The normalized spacial score (nSPS) is 48.8. The molecule has 0 spiro atoms. The van der Waals surface area contributed by atoms with Crippen LogP contribution in [-0.2, 0) is 23.8 Å². The van der Waals surface area contributed by atoms with E-state index in [-0.39, 0.29) is 30.9 Å². The van der Waals surface area contributed by atoms with E-state index in [0.717, 1.165) is 18.9 Å². The molecule has 0 aromatic rings.